The second-order valence-corrected chi connectivity index (χ2v) is 6.22. The maximum atomic E-state index is 5.96. The second-order valence-electron chi connectivity index (χ2n) is 5.95. The van der Waals surface area contributed by atoms with Crippen LogP contribution in [0, 0.1) is 6.92 Å². The minimum atomic E-state index is 0.0193. The first kappa shape index (κ1) is 14.9. The Morgan fingerprint density at radius 3 is 2.55 bits per heavy atom. The molecule has 0 N–H and O–H groups in total. The quantitative estimate of drug-likeness (QED) is 0.723. The van der Waals surface area contributed by atoms with E-state index in [9.17, 15) is 0 Å². The molecule has 0 saturated heterocycles. The summed E-state index contributed by atoms with van der Waals surface area (Å²) in [6, 6.07) is 11.9. The summed E-state index contributed by atoms with van der Waals surface area (Å²) < 4.78 is 5.96. The van der Waals surface area contributed by atoms with Crippen molar-refractivity contribution in [1.82, 2.24) is 4.98 Å². The van der Waals surface area contributed by atoms with E-state index in [-0.39, 0.29) is 5.41 Å². The summed E-state index contributed by atoms with van der Waals surface area (Å²) in [5.41, 5.74) is 3.24. The zero-order valence-electron chi connectivity index (χ0n) is 12.4. The number of hydrogen-bond acceptors (Lipinski definition) is 2. The van der Waals surface area contributed by atoms with Gasteiger partial charge < -0.3 is 4.74 Å². The molecule has 106 valence electrons. The summed E-state index contributed by atoms with van der Waals surface area (Å²) in [6.07, 6.45) is 0. The van der Waals surface area contributed by atoms with Crippen LogP contribution in [0.15, 0.2) is 36.4 Å². The number of nitrogens with zero attached hydrogens (tertiary/aromatic N) is 1. The first-order valence-corrected chi connectivity index (χ1v) is 7.24. The van der Waals surface area contributed by atoms with Crippen LogP contribution in [-0.4, -0.2) is 4.98 Å². The molecule has 0 amide bonds. The monoisotopic (exact) mass is 289 g/mol. The Morgan fingerprint density at radius 1 is 1.15 bits per heavy atom. The normalized spacial score (nSPS) is 11.4. The maximum absolute atomic E-state index is 5.96. The van der Waals surface area contributed by atoms with Gasteiger partial charge in [0, 0.05) is 11.6 Å². The summed E-state index contributed by atoms with van der Waals surface area (Å²) in [5.74, 6) is 1.82. The third-order valence-electron chi connectivity index (χ3n) is 3.08. The molecule has 0 unspecified atom stereocenters. The number of ether oxygens (including phenoxy) is 1. The lowest BCUT2D eigenvalue weighted by Crippen LogP contribution is -2.13. The minimum Gasteiger partial charge on any atom is -0.439 e. The Bertz CT molecular complexity index is 602. The molecule has 1 aromatic heterocycles. The molecule has 20 heavy (non-hydrogen) atoms. The molecule has 2 rings (SSSR count). The summed E-state index contributed by atoms with van der Waals surface area (Å²) >= 11 is 5.81. The summed E-state index contributed by atoms with van der Waals surface area (Å²) in [7, 11) is 0. The van der Waals surface area contributed by atoms with Crippen molar-refractivity contribution in [3.63, 3.8) is 0 Å². The van der Waals surface area contributed by atoms with Crippen LogP contribution in [0.3, 0.4) is 0 Å². The molecule has 0 aliphatic carbocycles. The SMILES string of the molecule is Cc1ccc(Oc2cccc(CCl)n2)c(C(C)(C)C)c1. The van der Waals surface area contributed by atoms with E-state index >= 15 is 0 Å². The number of benzene rings is 1. The predicted molar refractivity (Wildman–Crippen MR) is 83.7 cm³/mol. The van der Waals surface area contributed by atoms with Gasteiger partial charge in [0.15, 0.2) is 0 Å². The average Bonchev–Trinajstić information content (AvgIpc) is 2.40. The number of hydrogen-bond donors (Lipinski definition) is 0. The molecule has 0 saturated carbocycles. The highest BCUT2D eigenvalue weighted by Gasteiger charge is 2.19. The molecule has 0 aliphatic rings. The van der Waals surface area contributed by atoms with Crippen LogP contribution >= 0.6 is 11.6 Å². The van der Waals surface area contributed by atoms with Crippen LogP contribution in [0.4, 0.5) is 0 Å². The van der Waals surface area contributed by atoms with Crippen molar-refractivity contribution in [2.75, 3.05) is 0 Å². The van der Waals surface area contributed by atoms with Crippen LogP contribution in [0.1, 0.15) is 37.6 Å². The zero-order valence-corrected chi connectivity index (χ0v) is 13.2. The smallest absolute Gasteiger partial charge is 0.219 e. The molecule has 0 fully saturated rings. The minimum absolute atomic E-state index is 0.0193. The van der Waals surface area contributed by atoms with E-state index in [1.807, 2.05) is 24.3 Å². The summed E-state index contributed by atoms with van der Waals surface area (Å²) in [5, 5.41) is 0. The highest BCUT2D eigenvalue weighted by molar-refractivity contribution is 6.16. The molecule has 2 nitrogen and oxygen atoms in total. The second kappa shape index (κ2) is 5.84. The van der Waals surface area contributed by atoms with Gasteiger partial charge in [0.25, 0.3) is 0 Å². The highest BCUT2D eigenvalue weighted by Crippen LogP contribution is 2.34. The van der Waals surface area contributed by atoms with Crippen LogP contribution in [-0.2, 0) is 11.3 Å². The van der Waals surface area contributed by atoms with Crippen LogP contribution < -0.4 is 4.74 Å². The summed E-state index contributed by atoms with van der Waals surface area (Å²) in [4.78, 5) is 4.38. The van der Waals surface area contributed by atoms with Crippen molar-refractivity contribution in [3.05, 3.63) is 53.2 Å². The zero-order chi connectivity index (χ0) is 14.8. The van der Waals surface area contributed by atoms with E-state index in [2.05, 4.69) is 44.8 Å². The predicted octanol–water partition coefficient (Wildman–Crippen LogP) is 5.22. The maximum Gasteiger partial charge on any atom is 0.219 e. The van der Waals surface area contributed by atoms with Crippen molar-refractivity contribution in [2.45, 2.75) is 39.0 Å². The molecule has 0 bridgehead atoms. The largest absolute Gasteiger partial charge is 0.439 e. The number of alkyl halides is 1. The Kier molecular flexibility index (Phi) is 4.34. The molecule has 0 aliphatic heterocycles. The lowest BCUT2D eigenvalue weighted by molar-refractivity contribution is 0.438. The van der Waals surface area contributed by atoms with E-state index in [0.717, 1.165) is 11.4 Å². The lowest BCUT2D eigenvalue weighted by Gasteiger charge is -2.23. The van der Waals surface area contributed by atoms with Crippen LogP contribution in [0.25, 0.3) is 0 Å². The van der Waals surface area contributed by atoms with E-state index < -0.39 is 0 Å². The fraction of sp³-hybridized carbons (Fsp3) is 0.353. The van der Waals surface area contributed by atoms with Gasteiger partial charge in [-0.25, -0.2) is 4.98 Å². The molecule has 0 spiro atoms. The van der Waals surface area contributed by atoms with Crippen molar-refractivity contribution < 1.29 is 4.74 Å². The fourth-order valence-corrected chi connectivity index (χ4v) is 2.17. The highest BCUT2D eigenvalue weighted by atomic mass is 35.5. The van der Waals surface area contributed by atoms with Crippen LogP contribution in [0.2, 0.25) is 0 Å². The standard InChI is InChI=1S/C17H20ClNO/c1-12-8-9-15(14(10-12)17(2,3)4)20-16-7-5-6-13(11-18)19-16/h5-10H,11H2,1-4H3. The number of halogens is 1. The fourth-order valence-electron chi connectivity index (χ4n) is 2.02. The Hall–Kier alpha value is -1.54. The van der Waals surface area contributed by atoms with Crippen molar-refractivity contribution in [2.24, 2.45) is 0 Å². The Morgan fingerprint density at radius 2 is 1.90 bits per heavy atom. The average molecular weight is 290 g/mol. The van der Waals surface area contributed by atoms with Gasteiger partial charge in [-0.15, -0.1) is 11.6 Å². The molecule has 0 atom stereocenters. The van der Waals surface area contributed by atoms with Gasteiger partial charge in [-0.3, -0.25) is 0 Å². The number of aryl methyl sites for hydroxylation is 1. The number of pyridine rings is 1. The van der Waals surface area contributed by atoms with Crippen molar-refractivity contribution in [1.29, 1.82) is 0 Å². The summed E-state index contributed by atoms with van der Waals surface area (Å²) in [6.45, 7) is 8.62. The van der Waals surface area contributed by atoms with E-state index in [1.54, 1.807) is 0 Å². The molecule has 1 heterocycles. The van der Waals surface area contributed by atoms with Gasteiger partial charge in [-0.2, -0.15) is 0 Å². The Balaban J connectivity index is 2.38. The van der Waals surface area contributed by atoms with Gasteiger partial charge in [0.1, 0.15) is 5.75 Å². The number of rotatable bonds is 3. The molecule has 2 aromatic rings. The third-order valence-corrected chi connectivity index (χ3v) is 3.35. The third kappa shape index (κ3) is 3.51. The van der Waals surface area contributed by atoms with E-state index in [0.29, 0.717) is 11.8 Å². The lowest BCUT2D eigenvalue weighted by atomic mass is 9.85. The molecule has 3 heteroatoms. The topological polar surface area (TPSA) is 22.1 Å². The van der Waals surface area contributed by atoms with E-state index in [1.165, 1.54) is 11.1 Å². The van der Waals surface area contributed by atoms with Gasteiger partial charge in [-0.1, -0.05) is 44.5 Å². The molecule has 1 aromatic carbocycles. The molecule has 0 radical (unpaired) electrons. The van der Waals surface area contributed by atoms with E-state index in [4.69, 9.17) is 16.3 Å². The molecular formula is C17H20ClNO. The van der Waals surface area contributed by atoms with Gasteiger partial charge in [0.05, 0.1) is 11.6 Å². The van der Waals surface area contributed by atoms with Gasteiger partial charge in [0.2, 0.25) is 5.88 Å². The first-order chi connectivity index (χ1) is 9.40. The first-order valence-electron chi connectivity index (χ1n) is 6.71. The molecular weight excluding hydrogens is 270 g/mol. The number of aromatic nitrogens is 1. The van der Waals surface area contributed by atoms with Gasteiger partial charge in [-0.05, 0) is 24.5 Å². The Labute approximate surface area is 125 Å². The van der Waals surface area contributed by atoms with Crippen molar-refractivity contribution in [3.8, 4) is 11.6 Å². The van der Waals surface area contributed by atoms with Gasteiger partial charge >= 0.3 is 0 Å². The van der Waals surface area contributed by atoms with Crippen LogP contribution in [0.5, 0.6) is 11.6 Å². The van der Waals surface area contributed by atoms with Crippen molar-refractivity contribution >= 4 is 11.6 Å².